The fourth-order valence-corrected chi connectivity index (χ4v) is 1.55. The van der Waals surface area contributed by atoms with E-state index in [4.69, 9.17) is 0 Å². The molecule has 1 unspecified atom stereocenters. The smallest absolute Gasteiger partial charge is 0.539 e. The zero-order chi connectivity index (χ0) is 12.9. The van der Waals surface area contributed by atoms with Crippen LogP contribution >= 0.6 is 8.25 Å². The maximum Gasteiger partial charge on any atom is 0.539 e. The second-order valence-corrected chi connectivity index (χ2v) is 4.65. The van der Waals surface area contributed by atoms with Crippen LogP contribution in [-0.2, 0) is 9.09 Å². The molecule has 0 aromatic carbocycles. The van der Waals surface area contributed by atoms with Crippen molar-refractivity contribution in [2.45, 2.75) is 64.8 Å². The van der Waals surface area contributed by atoms with Gasteiger partial charge in [-0.25, -0.2) is 4.99 Å². The van der Waals surface area contributed by atoms with Crippen molar-refractivity contribution in [3.8, 4) is 0 Å². The van der Waals surface area contributed by atoms with E-state index in [1.54, 1.807) is 0 Å². The van der Waals surface area contributed by atoms with Crippen LogP contribution in [0.4, 0.5) is 0 Å². The molecule has 0 aromatic heterocycles. The lowest BCUT2D eigenvalue weighted by molar-refractivity contribution is -0.181. The van der Waals surface area contributed by atoms with E-state index in [0.717, 1.165) is 19.1 Å². The van der Waals surface area contributed by atoms with E-state index in [1.165, 1.54) is 32.1 Å². The normalized spacial score (nSPS) is 16.1. The standard InChI is InChI=1S/C8H12NO3P.C4H10/c10-13(11)12-7-6-9-8-4-2-1-3-5-8;1-3-4-2/h7-8H,1-5H2;3-4H2,1-2H3. The third-order valence-corrected chi connectivity index (χ3v) is 2.80. The van der Waals surface area contributed by atoms with Gasteiger partial charge in [0.25, 0.3) is 0 Å². The molecule has 0 amide bonds. The van der Waals surface area contributed by atoms with Crippen LogP contribution in [0.2, 0.25) is 0 Å². The maximum absolute atomic E-state index is 9.95. The third-order valence-electron chi connectivity index (χ3n) is 2.52. The lowest BCUT2D eigenvalue weighted by Crippen LogP contribution is -2.08. The molecule has 1 fully saturated rings. The van der Waals surface area contributed by atoms with E-state index < -0.39 is 8.25 Å². The predicted octanol–water partition coefficient (Wildman–Crippen LogP) is 3.34. The van der Waals surface area contributed by atoms with Crippen molar-refractivity contribution in [2.75, 3.05) is 0 Å². The van der Waals surface area contributed by atoms with E-state index in [2.05, 4.69) is 29.2 Å². The fraction of sp³-hybridized carbons (Fsp3) is 0.833. The first-order valence-electron chi connectivity index (χ1n) is 6.28. The summed E-state index contributed by atoms with van der Waals surface area (Å²) < 4.78 is 14.1. The third kappa shape index (κ3) is 11.6. The molecule has 5 heteroatoms. The number of hydrogen-bond donors (Lipinski definition) is 0. The first-order valence-corrected chi connectivity index (χ1v) is 7.38. The maximum atomic E-state index is 9.95. The highest BCUT2D eigenvalue weighted by molar-refractivity contribution is 7.30. The number of nitrogens with zero attached hydrogens (tertiary/aromatic N) is 1. The summed E-state index contributed by atoms with van der Waals surface area (Å²) in [6, 6.07) is 0.304. The highest BCUT2D eigenvalue weighted by Crippen LogP contribution is 2.19. The van der Waals surface area contributed by atoms with Gasteiger partial charge in [-0.2, -0.15) is 0 Å². The molecule has 98 valence electrons. The fourth-order valence-electron chi connectivity index (χ4n) is 1.41. The first-order chi connectivity index (χ1) is 8.20. The molecule has 1 aliphatic carbocycles. The molecule has 4 nitrogen and oxygen atoms in total. The lowest BCUT2D eigenvalue weighted by atomic mass is 9.96. The van der Waals surface area contributed by atoms with E-state index in [1.807, 2.05) is 0 Å². The van der Waals surface area contributed by atoms with Crippen molar-refractivity contribution in [1.82, 2.24) is 0 Å². The quantitative estimate of drug-likeness (QED) is 0.442. The second-order valence-electron chi connectivity index (χ2n) is 4.00. The second kappa shape index (κ2) is 11.8. The SMILES string of the molecule is CCCC.O=[P+]([O-])OC=C=NC1CCCCC1. The summed E-state index contributed by atoms with van der Waals surface area (Å²) in [5, 5.41) is 0. The van der Waals surface area contributed by atoms with Crippen molar-refractivity contribution in [1.29, 1.82) is 0 Å². The van der Waals surface area contributed by atoms with E-state index in [-0.39, 0.29) is 0 Å². The van der Waals surface area contributed by atoms with Gasteiger partial charge >= 0.3 is 8.25 Å². The van der Waals surface area contributed by atoms with Gasteiger partial charge in [0.2, 0.25) is 6.26 Å². The van der Waals surface area contributed by atoms with Crippen LogP contribution in [0, 0.1) is 0 Å². The topological polar surface area (TPSA) is 61.7 Å². The van der Waals surface area contributed by atoms with Crippen LogP contribution < -0.4 is 4.89 Å². The Balaban J connectivity index is 0.000000557. The zero-order valence-corrected chi connectivity index (χ0v) is 11.6. The van der Waals surface area contributed by atoms with Gasteiger partial charge in [-0.15, -0.1) is 0 Å². The number of aliphatic imine (C=N–C) groups is 1. The molecule has 0 spiro atoms. The van der Waals surface area contributed by atoms with E-state index in [9.17, 15) is 9.46 Å². The van der Waals surface area contributed by atoms with Gasteiger partial charge < -0.3 is 4.89 Å². The summed E-state index contributed by atoms with van der Waals surface area (Å²) in [5.74, 6) is 2.48. The highest BCUT2D eigenvalue weighted by atomic mass is 31.1. The minimum Gasteiger partial charge on any atom is -0.558 e. The Morgan fingerprint density at radius 3 is 2.41 bits per heavy atom. The molecule has 0 bridgehead atoms. The average Bonchev–Trinajstić information content (AvgIpc) is 2.36. The Morgan fingerprint density at radius 1 is 1.35 bits per heavy atom. The predicted molar refractivity (Wildman–Crippen MR) is 68.2 cm³/mol. The molecule has 0 aliphatic heterocycles. The largest absolute Gasteiger partial charge is 0.558 e. The minimum absolute atomic E-state index is 0.304. The van der Waals surface area contributed by atoms with Gasteiger partial charge in [-0.1, -0.05) is 46.0 Å². The van der Waals surface area contributed by atoms with Crippen LogP contribution in [0.3, 0.4) is 0 Å². The Bertz CT molecular complexity index is 254. The van der Waals surface area contributed by atoms with E-state index >= 15 is 0 Å². The van der Waals surface area contributed by atoms with Crippen molar-refractivity contribution in [3.63, 3.8) is 0 Å². The molecular weight excluding hydrogens is 237 g/mol. The molecule has 0 aromatic rings. The van der Waals surface area contributed by atoms with Crippen LogP contribution in [0.25, 0.3) is 0 Å². The number of unbranched alkanes of at least 4 members (excludes halogenated alkanes) is 1. The molecule has 0 N–H and O–H groups in total. The molecule has 1 aliphatic rings. The van der Waals surface area contributed by atoms with Gasteiger partial charge in [0.05, 0.1) is 6.04 Å². The Kier molecular flexibility index (Phi) is 11.3. The van der Waals surface area contributed by atoms with Crippen LogP contribution in [0.15, 0.2) is 11.3 Å². The Hall–Kier alpha value is -0.690. The summed E-state index contributed by atoms with van der Waals surface area (Å²) in [7, 11) is -2.81. The van der Waals surface area contributed by atoms with Crippen molar-refractivity contribution < 1.29 is 14.0 Å². The number of rotatable bonds is 4. The Morgan fingerprint density at radius 2 is 1.94 bits per heavy atom. The zero-order valence-electron chi connectivity index (χ0n) is 10.7. The monoisotopic (exact) mass is 259 g/mol. The van der Waals surface area contributed by atoms with Gasteiger partial charge in [0.1, 0.15) is 0 Å². The molecule has 1 saturated carbocycles. The summed E-state index contributed by atoms with van der Waals surface area (Å²) in [6.07, 6.45) is 9.45. The molecule has 0 radical (unpaired) electrons. The molecule has 1 rings (SSSR count). The van der Waals surface area contributed by atoms with Crippen molar-refractivity contribution in [2.24, 2.45) is 4.99 Å². The molecule has 17 heavy (non-hydrogen) atoms. The summed E-state index contributed by atoms with van der Waals surface area (Å²) in [4.78, 5) is 14.0. The minimum atomic E-state index is -2.81. The van der Waals surface area contributed by atoms with E-state index in [0.29, 0.717) is 6.04 Å². The molecule has 0 heterocycles. The van der Waals surface area contributed by atoms with Gasteiger partial charge in [0.15, 0.2) is 0 Å². The van der Waals surface area contributed by atoms with Crippen molar-refractivity contribution >= 4 is 14.1 Å². The van der Waals surface area contributed by atoms with Crippen LogP contribution in [0.1, 0.15) is 58.8 Å². The molecule has 0 saturated heterocycles. The summed E-state index contributed by atoms with van der Waals surface area (Å²) in [6.45, 7) is 4.36. The number of hydrogen-bond acceptors (Lipinski definition) is 4. The average molecular weight is 259 g/mol. The van der Waals surface area contributed by atoms with Gasteiger partial charge in [-0.05, 0) is 17.4 Å². The molecular formula is C12H22NO3P. The van der Waals surface area contributed by atoms with Gasteiger partial charge in [-0.3, -0.25) is 4.52 Å². The molecule has 1 atom stereocenters. The Labute approximate surface area is 105 Å². The first kappa shape index (κ1) is 16.3. The summed E-state index contributed by atoms with van der Waals surface area (Å²) >= 11 is 0. The van der Waals surface area contributed by atoms with Crippen LogP contribution in [0.5, 0.6) is 0 Å². The summed E-state index contributed by atoms with van der Waals surface area (Å²) in [5.41, 5.74) is 0. The highest BCUT2D eigenvalue weighted by Gasteiger charge is 2.10. The van der Waals surface area contributed by atoms with Crippen LogP contribution in [-0.4, -0.2) is 11.9 Å². The lowest BCUT2D eigenvalue weighted by Gasteiger charge is -2.15. The van der Waals surface area contributed by atoms with Crippen molar-refractivity contribution in [3.05, 3.63) is 6.26 Å². The van der Waals surface area contributed by atoms with Gasteiger partial charge in [0, 0.05) is 5.87 Å².